The average Bonchev–Trinajstić information content (AvgIpc) is 3.04. The molecule has 22 heavy (non-hydrogen) atoms. The number of benzene rings is 1. The Morgan fingerprint density at radius 2 is 1.86 bits per heavy atom. The summed E-state index contributed by atoms with van der Waals surface area (Å²) >= 11 is 0. The fraction of sp³-hybridized carbons (Fsp3) is 0.375. The van der Waals surface area contributed by atoms with E-state index in [0.717, 1.165) is 42.3 Å². The number of nitrogens with zero attached hydrogens (tertiary/aromatic N) is 3. The van der Waals surface area contributed by atoms with Gasteiger partial charge in [-0.15, -0.1) is 0 Å². The van der Waals surface area contributed by atoms with Crippen molar-refractivity contribution in [3.8, 4) is 11.5 Å². The van der Waals surface area contributed by atoms with Crippen LogP contribution in [0.15, 0.2) is 30.6 Å². The summed E-state index contributed by atoms with van der Waals surface area (Å²) in [5, 5.41) is 0. The number of rotatable bonds is 4. The normalized spacial score (nSPS) is 17.5. The third-order valence-electron chi connectivity index (χ3n) is 3.95. The molecule has 0 radical (unpaired) electrons. The van der Waals surface area contributed by atoms with E-state index >= 15 is 0 Å². The lowest BCUT2D eigenvalue weighted by Gasteiger charge is -2.26. The van der Waals surface area contributed by atoms with Crippen molar-refractivity contribution >= 4 is 11.6 Å². The van der Waals surface area contributed by atoms with Crippen molar-refractivity contribution in [2.45, 2.75) is 18.9 Å². The highest BCUT2D eigenvalue weighted by Crippen LogP contribution is 2.38. The van der Waals surface area contributed by atoms with Crippen LogP contribution in [0.1, 0.15) is 24.4 Å². The first-order chi connectivity index (χ1) is 10.7. The molecule has 0 spiro atoms. The molecular formula is C16H20N4O2. The van der Waals surface area contributed by atoms with Gasteiger partial charge < -0.3 is 20.1 Å². The maximum absolute atomic E-state index is 5.76. The second-order valence-corrected chi connectivity index (χ2v) is 5.30. The summed E-state index contributed by atoms with van der Waals surface area (Å²) < 4.78 is 10.7. The zero-order valence-electron chi connectivity index (χ0n) is 12.8. The van der Waals surface area contributed by atoms with Crippen molar-refractivity contribution in [2.24, 2.45) is 0 Å². The zero-order chi connectivity index (χ0) is 15.5. The van der Waals surface area contributed by atoms with E-state index in [0.29, 0.717) is 5.82 Å². The van der Waals surface area contributed by atoms with E-state index in [1.807, 2.05) is 18.2 Å². The minimum Gasteiger partial charge on any atom is -0.497 e. The minimum absolute atomic E-state index is 0.222. The van der Waals surface area contributed by atoms with E-state index in [1.54, 1.807) is 26.6 Å². The molecule has 1 aromatic heterocycles. The van der Waals surface area contributed by atoms with Crippen LogP contribution < -0.4 is 20.1 Å². The monoisotopic (exact) mass is 300 g/mol. The lowest BCUT2D eigenvalue weighted by atomic mass is 10.0. The van der Waals surface area contributed by atoms with Crippen molar-refractivity contribution in [3.63, 3.8) is 0 Å². The third kappa shape index (κ3) is 2.77. The second kappa shape index (κ2) is 6.09. The molecule has 6 heteroatoms. The smallest absolute Gasteiger partial charge is 0.150 e. The maximum atomic E-state index is 5.76. The van der Waals surface area contributed by atoms with Crippen LogP contribution in [0, 0.1) is 0 Å². The fourth-order valence-electron chi connectivity index (χ4n) is 2.92. The van der Waals surface area contributed by atoms with Crippen LogP contribution in [-0.2, 0) is 0 Å². The van der Waals surface area contributed by atoms with Crippen molar-refractivity contribution < 1.29 is 9.47 Å². The van der Waals surface area contributed by atoms with Gasteiger partial charge in [-0.25, -0.2) is 4.98 Å². The predicted molar refractivity (Wildman–Crippen MR) is 85.3 cm³/mol. The van der Waals surface area contributed by atoms with E-state index in [4.69, 9.17) is 15.2 Å². The lowest BCUT2D eigenvalue weighted by molar-refractivity contribution is 0.392. The van der Waals surface area contributed by atoms with Gasteiger partial charge >= 0.3 is 0 Å². The molecule has 2 aromatic rings. The number of hydrogen-bond acceptors (Lipinski definition) is 6. The van der Waals surface area contributed by atoms with Crippen molar-refractivity contribution in [1.29, 1.82) is 0 Å². The average molecular weight is 300 g/mol. The molecule has 1 aliphatic rings. The Kier molecular flexibility index (Phi) is 4.00. The van der Waals surface area contributed by atoms with Crippen LogP contribution in [0.2, 0.25) is 0 Å². The molecule has 2 N–H and O–H groups in total. The van der Waals surface area contributed by atoms with Gasteiger partial charge in [-0.3, -0.25) is 4.98 Å². The Hall–Kier alpha value is -2.50. The summed E-state index contributed by atoms with van der Waals surface area (Å²) in [6, 6.07) is 6.19. The molecule has 1 aliphatic heterocycles. The van der Waals surface area contributed by atoms with Gasteiger partial charge in [0.1, 0.15) is 23.1 Å². The second-order valence-electron chi connectivity index (χ2n) is 5.30. The molecule has 1 aromatic carbocycles. The molecule has 1 saturated heterocycles. The Balaban J connectivity index is 1.96. The molecule has 0 saturated carbocycles. The van der Waals surface area contributed by atoms with E-state index in [9.17, 15) is 0 Å². The van der Waals surface area contributed by atoms with Gasteiger partial charge in [-0.1, -0.05) is 0 Å². The number of aromatic nitrogens is 2. The minimum atomic E-state index is 0.222. The molecule has 3 rings (SSSR count). The van der Waals surface area contributed by atoms with Gasteiger partial charge in [0.25, 0.3) is 0 Å². The zero-order valence-corrected chi connectivity index (χ0v) is 12.8. The fourth-order valence-corrected chi connectivity index (χ4v) is 2.92. The molecule has 2 heterocycles. The number of nitrogens with two attached hydrogens (primary N) is 1. The quantitative estimate of drug-likeness (QED) is 0.934. The molecule has 1 atom stereocenters. The van der Waals surface area contributed by atoms with Gasteiger partial charge in [0.15, 0.2) is 0 Å². The maximum Gasteiger partial charge on any atom is 0.150 e. The summed E-state index contributed by atoms with van der Waals surface area (Å²) in [5.74, 6) is 2.83. The molecule has 116 valence electrons. The summed E-state index contributed by atoms with van der Waals surface area (Å²) in [5.41, 5.74) is 6.91. The van der Waals surface area contributed by atoms with Crippen LogP contribution in [0.5, 0.6) is 11.5 Å². The highest BCUT2D eigenvalue weighted by Gasteiger charge is 2.28. The van der Waals surface area contributed by atoms with Crippen LogP contribution in [-0.4, -0.2) is 30.7 Å². The van der Waals surface area contributed by atoms with Crippen LogP contribution in [0.25, 0.3) is 0 Å². The number of ether oxygens (including phenoxy) is 2. The first kappa shape index (κ1) is 14.4. The topological polar surface area (TPSA) is 73.5 Å². The van der Waals surface area contributed by atoms with Gasteiger partial charge in [0.05, 0.1) is 32.7 Å². The standard InChI is InChI=1S/C16H20N4O2/c1-21-12-6-11(7-13(8-12)22-2)14-4-3-5-20(14)16-10-18-9-15(17)19-16/h6-10,14H,3-5H2,1-2H3,(H2,17,19). The number of hydrogen-bond donors (Lipinski definition) is 1. The van der Waals surface area contributed by atoms with E-state index in [2.05, 4.69) is 14.9 Å². The largest absolute Gasteiger partial charge is 0.497 e. The van der Waals surface area contributed by atoms with Gasteiger partial charge in [0.2, 0.25) is 0 Å². The summed E-state index contributed by atoms with van der Waals surface area (Å²) in [4.78, 5) is 10.8. The third-order valence-corrected chi connectivity index (χ3v) is 3.95. The molecular weight excluding hydrogens is 280 g/mol. The van der Waals surface area contributed by atoms with Crippen molar-refractivity contribution in [3.05, 3.63) is 36.2 Å². The molecule has 0 amide bonds. The van der Waals surface area contributed by atoms with Crippen molar-refractivity contribution in [2.75, 3.05) is 31.4 Å². The first-order valence-electron chi connectivity index (χ1n) is 7.28. The SMILES string of the molecule is COc1cc(OC)cc(C2CCCN2c2cncc(N)n2)c1. The Bertz CT molecular complexity index is 640. The summed E-state index contributed by atoms with van der Waals surface area (Å²) in [7, 11) is 3.32. The Labute approximate surface area is 129 Å². The van der Waals surface area contributed by atoms with Crippen LogP contribution >= 0.6 is 0 Å². The number of nitrogen functional groups attached to an aromatic ring is 1. The van der Waals surface area contributed by atoms with E-state index in [1.165, 1.54) is 0 Å². The van der Waals surface area contributed by atoms with Gasteiger partial charge in [-0.2, -0.15) is 0 Å². The summed E-state index contributed by atoms with van der Waals surface area (Å²) in [6.07, 6.45) is 5.46. The van der Waals surface area contributed by atoms with Crippen LogP contribution in [0.4, 0.5) is 11.6 Å². The van der Waals surface area contributed by atoms with Gasteiger partial charge in [0, 0.05) is 12.6 Å². The summed E-state index contributed by atoms with van der Waals surface area (Å²) in [6.45, 7) is 0.933. The Morgan fingerprint density at radius 3 is 2.50 bits per heavy atom. The van der Waals surface area contributed by atoms with Crippen molar-refractivity contribution in [1.82, 2.24) is 9.97 Å². The van der Waals surface area contributed by atoms with Gasteiger partial charge in [-0.05, 0) is 30.5 Å². The molecule has 1 fully saturated rings. The van der Waals surface area contributed by atoms with Crippen LogP contribution in [0.3, 0.4) is 0 Å². The molecule has 1 unspecified atom stereocenters. The number of methoxy groups -OCH3 is 2. The first-order valence-corrected chi connectivity index (χ1v) is 7.28. The highest BCUT2D eigenvalue weighted by atomic mass is 16.5. The van der Waals surface area contributed by atoms with E-state index in [-0.39, 0.29) is 6.04 Å². The molecule has 6 nitrogen and oxygen atoms in total. The van der Waals surface area contributed by atoms with E-state index < -0.39 is 0 Å². The predicted octanol–water partition coefficient (Wildman–Crippen LogP) is 2.42. The molecule has 0 aliphatic carbocycles. The molecule has 0 bridgehead atoms. The lowest BCUT2D eigenvalue weighted by Crippen LogP contribution is -2.24. The number of anilines is 2. The Morgan fingerprint density at radius 1 is 1.14 bits per heavy atom. The highest BCUT2D eigenvalue weighted by molar-refractivity contribution is 5.48.